The van der Waals surface area contributed by atoms with E-state index in [2.05, 4.69) is 0 Å². The highest BCUT2D eigenvalue weighted by Crippen LogP contribution is 2.16. The summed E-state index contributed by atoms with van der Waals surface area (Å²) in [6.07, 6.45) is 1.55. The highest BCUT2D eigenvalue weighted by Gasteiger charge is 2.15. The SMILES string of the molecule is Cc1cccc(C(=O)/C(C#N)=C/N(C)C)c1C. The minimum atomic E-state index is -0.220. The summed E-state index contributed by atoms with van der Waals surface area (Å²) >= 11 is 0. The third kappa shape index (κ3) is 2.94. The maximum absolute atomic E-state index is 12.2. The minimum absolute atomic E-state index is 0.156. The fraction of sp³-hybridized carbons (Fsp3) is 0.286. The Hall–Kier alpha value is -2.08. The second kappa shape index (κ2) is 5.31. The van der Waals surface area contributed by atoms with E-state index in [0.717, 1.165) is 11.1 Å². The zero-order valence-electron chi connectivity index (χ0n) is 10.6. The van der Waals surface area contributed by atoms with Crippen molar-refractivity contribution in [2.45, 2.75) is 13.8 Å². The Bertz CT molecular complexity index is 507. The quantitative estimate of drug-likeness (QED) is 0.453. The largest absolute Gasteiger partial charge is 0.382 e. The van der Waals surface area contributed by atoms with Crippen molar-refractivity contribution < 1.29 is 4.79 Å². The predicted molar refractivity (Wildman–Crippen MR) is 67.6 cm³/mol. The van der Waals surface area contributed by atoms with Gasteiger partial charge in [0, 0.05) is 25.9 Å². The van der Waals surface area contributed by atoms with Crippen molar-refractivity contribution in [2.75, 3.05) is 14.1 Å². The van der Waals surface area contributed by atoms with Crippen molar-refractivity contribution in [3.05, 3.63) is 46.7 Å². The van der Waals surface area contributed by atoms with Crippen LogP contribution in [0.25, 0.3) is 0 Å². The fourth-order valence-electron chi connectivity index (χ4n) is 1.54. The third-order valence-electron chi connectivity index (χ3n) is 2.60. The molecule has 0 saturated carbocycles. The molecular weight excluding hydrogens is 212 g/mol. The molecule has 0 saturated heterocycles. The molecule has 88 valence electrons. The molecule has 0 spiro atoms. The van der Waals surface area contributed by atoms with Crippen molar-refractivity contribution >= 4 is 5.78 Å². The molecule has 0 aliphatic carbocycles. The van der Waals surface area contributed by atoms with E-state index in [1.807, 2.05) is 32.0 Å². The van der Waals surface area contributed by atoms with Crippen LogP contribution in [0.3, 0.4) is 0 Å². The molecule has 0 aliphatic heterocycles. The van der Waals surface area contributed by atoms with E-state index in [4.69, 9.17) is 5.26 Å². The average molecular weight is 228 g/mol. The van der Waals surface area contributed by atoms with Crippen LogP contribution in [0.5, 0.6) is 0 Å². The number of carbonyl (C=O) groups excluding carboxylic acids is 1. The van der Waals surface area contributed by atoms with Gasteiger partial charge in [0.2, 0.25) is 5.78 Å². The van der Waals surface area contributed by atoms with Gasteiger partial charge in [0.05, 0.1) is 0 Å². The molecule has 0 fully saturated rings. The molecule has 1 aromatic rings. The number of benzene rings is 1. The summed E-state index contributed by atoms with van der Waals surface area (Å²) in [4.78, 5) is 13.9. The van der Waals surface area contributed by atoms with Gasteiger partial charge in [0.25, 0.3) is 0 Å². The Labute approximate surface area is 102 Å². The number of aryl methyl sites for hydroxylation is 1. The van der Waals surface area contributed by atoms with Crippen molar-refractivity contribution in [1.29, 1.82) is 5.26 Å². The van der Waals surface area contributed by atoms with Crippen LogP contribution in [0.15, 0.2) is 30.0 Å². The van der Waals surface area contributed by atoms with Gasteiger partial charge >= 0.3 is 0 Å². The molecule has 0 aliphatic rings. The Morgan fingerprint density at radius 2 is 2.00 bits per heavy atom. The summed E-state index contributed by atoms with van der Waals surface area (Å²) in [7, 11) is 3.57. The molecule has 0 heterocycles. The van der Waals surface area contributed by atoms with Crippen molar-refractivity contribution in [3.8, 4) is 6.07 Å². The first-order chi connectivity index (χ1) is 7.97. The van der Waals surface area contributed by atoms with Gasteiger partial charge in [-0.25, -0.2) is 0 Å². The van der Waals surface area contributed by atoms with E-state index in [1.165, 1.54) is 0 Å². The lowest BCUT2D eigenvalue weighted by atomic mass is 9.97. The second-order valence-corrected chi connectivity index (χ2v) is 4.19. The highest BCUT2D eigenvalue weighted by atomic mass is 16.1. The number of ketones is 1. The van der Waals surface area contributed by atoms with Gasteiger partial charge in [-0.1, -0.05) is 18.2 Å². The standard InChI is InChI=1S/C14H16N2O/c1-10-6-5-7-13(11(10)2)14(17)12(8-15)9-16(3)4/h5-7,9H,1-4H3/b12-9+. The number of carbonyl (C=O) groups is 1. The molecule has 0 atom stereocenters. The maximum Gasteiger partial charge on any atom is 0.205 e. The van der Waals surface area contributed by atoms with Crippen molar-refractivity contribution in [2.24, 2.45) is 0 Å². The first kappa shape index (κ1) is 13.0. The first-order valence-electron chi connectivity index (χ1n) is 5.36. The summed E-state index contributed by atoms with van der Waals surface area (Å²) in [5, 5.41) is 9.00. The molecule has 0 radical (unpaired) electrons. The summed E-state index contributed by atoms with van der Waals surface area (Å²) in [6.45, 7) is 3.85. The molecule has 1 rings (SSSR count). The molecule has 0 aromatic heterocycles. The predicted octanol–water partition coefficient (Wildman–Crippen LogP) is 2.46. The van der Waals surface area contributed by atoms with Crippen molar-refractivity contribution in [3.63, 3.8) is 0 Å². The Balaban J connectivity index is 3.22. The monoisotopic (exact) mass is 228 g/mol. The van der Waals surface area contributed by atoms with E-state index >= 15 is 0 Å². The van der Waals surface area contributed by atoms with Crippen LogP contribution in [0.1, 0.15) is 21.5 Å². The number of Topliss-reactive ketones (excluding diaryl/α,β-unsaturated/α-hetero) is 1. The van der Waals surface area contributed by atoms with Gasteiger partial charge in [-0.05, 0) is 25.0 Å². The Kier molecular flexibility index (Phi) is 4.06. The van der Waals surface area contributed by atoms with Gasteiger partial charge in [-0.2, -0.15) is 5.26 Å². The average Bonchev–Trinajstić information content (AvgIpc) is 2.28. The fourth-order valence-corrected chi connectivity index (χ4v) is 1.54. The summed E-state index contributed by atoms with van der Waals surface area (Å²) in [6, 6.07) is 7.49. The lowest BCUT2D eigenvalue weighted by Crippen LogP contribution is -2.10. The van der Waals surface area contributed by atoms with Crippen LogP contribution in [-0.4, -0.2) is 24.8 Å². The normalized spacial score (nSPS) is 10.9. The zero-order valence-corrected chi connectivity index (χ0v) is 10.6. The molecule has 0 N–H and O–H groups in total. The van der Waals surface area contributed by atoms with Gasteiger partial charge in [0.15, 0.2) is 0 Å². The topological polar surface area (TPSA) is 44.1 Å². The molecule has 0 unspecified atom stereocenters. The van der Waals surface area contributed by atoms with E-state index in [-0.39, 0.29) is 11.4 Å². The van der Waals surface area contributed by atoms with Gasteiger partial charge in [0.1, 0.15) is 11.6 Å². The van der Waals surface area contributed by atoms with Gasteiger partial charge in [-0.3, -0.25) is 4.79 Å². The molecular formula is C14H16N2O. The van der Waals surface area contributed by atoms with E-state index in [1.54, 1.807) is 31.3 Å². The van der Waals surface area contributed by atoms with Crippen LogP contribution < -0.4 is 0 Å². The minimum Gasteiger partial charge on any atom is -0.382 e. The van der Waals surface area contributed by atoms with Crippen LogP contribution in [0, 0.1) is 25.2 Å². The number of hydrogen-bond acceptors (Lipinski definition) is 3. The molecule has 3 heteroatoms. The van der Waals surface area contributed by atoms with Crippen LogP contribution in [0.2, 0.25) is 0 Å². The highest BCUT2D eigenvalue weighted by molar-refractivity contribution is 6.12. The van der Waals surface area contributed by atoms with E-state index in [0.29, 0.717) is 5.56 Å². The molecule has 0 bridgehead atoms. The van der Waals surface area contributed by atoms with Gasteiger partial charge < -0.3 is 4.90 Å². The summed E-state index contributed by atoms with van der Waals surface area (Å²) in [5.74, 6) is -0.220. The Morgan fingerprint density at radius 1 is 1.35 bits per heavy atom. The summed E-state index contributed by atoms with van der Waals surface area (Å²) in [5.41, 5.74) is 2.73. The molecule has 1 aromatic carbocycles. The third-order valence-corrected chi connectivity index (χ3v) is 2.60. The van der Waals surface area contributed by atoms with Gasteiger partial charge in [-0.15, -0.1) is 0 Å². The van der Waals surface area contributed by atoms with E-state index in [9.17, 15) is 4.79 Å². The molecule has 3 nitrogen and oxygen atoms in total. The summed E-state index contributed by atoms with van der Waals surface area (Å²) < 4.78 is 0. The number of allylic oxidation sites excluding steroid dienone is 1. The zero-order chi connectivity index (χ0) is 13.0. The lowest BCUT2D eigenvalue weighted by molar-refractivity contribution is 0.103. The van der Waals surface area contributed by atoms with E-state index < -0.39 is 0 Å². The second-order valence-electron chi connectivity index (χ2n) is 4.19. The number of rotatable bonds is 3. The van der Waals surface area contributed by atoms with Crippen LogP contribution in [-0.2, 0) is 0 Å². The Morgan fingerprint density at radius 3 is 2.53 bits per heavy atom. The lowest BCUT2D eigenvalue weighted by Gasteiger charge is -2.09. The first-order valence-corrected chi connectivity index (χ1v) is 5.36. The number of hydrogen-bond donors (Lipinski definition) is 0. The van der Waals surface area contributed by atoms with Crippen molar-refractivity contribution in [1.82, 2.24) is 4.90 Å². The van der Waals surface area contributed by atoms with Crippen LogP contribution >= 0.6 is 0 Å². The maximum atomic E-state index is 12.2. The molecule has 17 heavy (non-hydrogen) atoms. The van der Waals surface area contributed by atoms with Crippen LogP contribution in [0.4, 0.5) is 0 Å². The number of nitrogens with zero attached hydrogens (tertiary/aromatic N) is 2. The molecule has 0 amide bonds. The number of nitriles is 1. The smallest absolute Gasteiger partial charge is 0.205 e.